The Morgan fingerprint density at radius 1 is 1.36 bits per heavy atom. The van der Waals surface area contributed by atoms with Crippen LogP contribution in [0.25, 0.3) is 0 Å². The quantitative estimate of drug-likeness (QED) is 0.682. The van der Waals surface area contributed by atoms with E-state index < -0.39 is 7.12 Å². The van der Waals surface area contributed by atoms with Crippen molar-refractivity contribution in [2.24, 2.45) is 5.92 Å². The first-order chi connectivity index (χ1) is 6.59. The van der Waals surface area contributed by atoms with Crippen molar-refractivity contribution in [1.82, 2.24) is 0 Å². The van der Waals surface area contributed by atoms with E-state index in [4.69, 9.17) is 14.8 Å². The van der Waals surface area contributed by atoms with Crippen molar-refractivity contribution in [1.29, 1.82) is 0 Å². The average Bonchev–Trinajstić information content (AvgIpc) is 2.15. The lowest BCUT2D eigenvalue weighted by atomic mass is 9.80. The van der Waals surface area contributed by atoms with E-state index in [0.29, 0.717) is 23.7 Å². The van der Waals surface area contributed by atoms with Gasteiger partial charge in [0.2, 0.25) is 0 Å². The molecule has 1 aromatic carbocycles. The van der Waals surface area contributed by atoms with Gasteiger partial charge in [0.1, 0.15) is 5.75 Å². The molecule has 1 aromatic rings. The molecule has 0 unspecified atom stereocenters. The second-order valence-corrected chi connectivity index (χ2v) is 3.65. The summed E-state index contributed by atoms with van der Waals surface area (Å²) >= 11 is 0. The molecular formula is C10H15BO3. The van der Waals surface area contributed by atoms with Gasteiger partial charge in [-0.15, -0.1) is 0 Å². The fraction of sp³-hybridized carbons (Fsp3) is 0.400. The molecule has 0 fully saturated rings. The van der Waals surface area contributed by atoms with Gasteiger partial charge in [-0.1, -0.05) is 26.0 Å². The standard InChI is InChI=1S/C10H15BO3/c1-8(2)7-14-10-5-3-4-9(6-10)11(12)13/h3-6,8,12-13H,7H2,1-2H3. The van der Waals surface area contributed by atoms with Crippen LogP contribution < -0.4 is 10.2 Å². The first kappa shape index (κ1) is 11.1. The van der Waals surface area contributed by atoms with Gasteiger partial charge < -0.3 is 14.8 Å². The molecule has 2 N–H and O–H groups in total. The predicted octanol–water partition coefficient (Wildman–Crippen LogP) is 0.401. The summed E-state index contributed by atoms with van der Waals surface area (Å²) in [6, 6.07) is 6.82. The van der Waals surface area contributed by atoms with Crippen LogP contribution in [0.1, 0.15) is 13.8 Å². The monoisotopic (exact) mass is 194 g/mol. The van der Waals surface area contributed by atoms with E-state index in [1.165, 1.54) is 0 Å². The Hall–Kier alpha value is -0.995. The van der Waals surface area contributed by atoms with Crippen LogP contribution in [0, 0.1) is 5.92 Å². The van der Waals surface area contributed by atoms with Gasteiger partial charge in [-0.25, -0.2) is 0 Å². The van der Waals surface area contributed by atoms with Gasteiger partial charge in [0.25, 0.3) is 0 Å². The molecule has 14 heavy (non-hydrogen) atoms. The maximum Gasteiger partial charge on any atom is 0.488 e. The van der Waals surface area contributed by atoms with E-state index in [0.717, 1.165) is 0 Å². The Bertz CT molecular complexity index is 286. The second kappa shape index (κ2) is 5.03. The minimum Gasteiger partial charge on any atom is -0.493 e. The number of benzene rings is 1. The molecule has 0 aliphatic carbocycles. The van der Waals surface area contributed by atoms with Crippen molar-refractivity contribution >= 4 is 12.6 Å². The van der Waals surface area contributed by atoms with Crippen LogP contribution in [-0.4, -0.2) is 23.8 Å². The van der Waals surface area contributed by atoms with Crippen LogP contribution in [0.5, 0.6) is 5.75 Å². The van der Waals surface area contributed by atoms with Crippen molar-refractivity contribution in [2.45, 2.75) is 13.8 Å². The van der Waals surface area contributed by atoms with Gasteiger partial charge >= 0.3 is 7.12 Å². The lowest BCUT2D eigenvalue weighted by Crippen LogP contribution is -2.29. The number of ether oxygens (including phenoxy) is 1. The third-order valence-electron chi connectivity index (χ3n) is 1.74. The SMILES string of the molecule is CC(C)COc1cccc(B(O)O)c1. The van der Waals surface area contributed by atoms with Gasteiger partial charge in [-0.2, -0.15) is 0 Å². The molecule has 0 bridgehead atoms. The molecule has 0 saturated heterocycles. The van der Waals surface area contributed by atoms with E-state index >= 15 is 0 Å². The van der Waals surface area contributed by atoms with Crippen LogP contribution in [-0.2, 0) is 0 Å². The Labute approximate surface area is 84.5 Å². The Balaban J connectivity index is 2.64. The van der Waals surface area contributed by atoms with Crippen LogP contribution in [0.2, 0.25) is 0 Å². The van der Waals surface area contributed by atoms with E-state index in [1.807, 2.05) is 0 Å². The molecule has 0 amide bonds. The Morgan fingerprint density at radius 2 is 2.07 bits per heavy atom. The van der Waals surface area contributed by atoms with E-state index in [-0.39, 0.29) is 0 Å². The first-order valence-electron chi connectivity index (χ1n) is 4.68. The van der Waals surface area contributed by atoms with Crippen molar-refractivity contribution in [2.75, 3.05) is 6.61 Å². The molecule has 0 radical (unpaired) electrons. The zero-order valence-corrected chi connectivity index (χ0v) is 8.47. The van der Waals surface area contributed by atoms with Crippen LogP contribution in [0.3, 0.4) is 0 Å². The highest BCUT2D eigenvalue weighted by Crippen LogP contribution is 2.08. The predicted molar refractivity (Wildman–Crippen MR) is 56.6 cm³/mol. The minimum absolute atomic E-state index is 0.450. The highest BCUT2D eigenvalue weighted by Gasteiger charge is 2.10. The van der Waals surface area contributed by atoms with E-state index in [9.17, 15) is 0 Å². The minimum atomic E-state index is -1.43. The summed E-state index contributed by atoms with van der Waals surface area (Å²) in [5, 5.41) is 17.9. The van der Waals surface area contributed by atoms with Crippen LogP contribution in [0.4, 0.5) is 0 Å². The fourth-order valence-corrected chi connectivity index (χ4v) is 1.03. The third kappa shape index (κ3) is 3.40. The molecule has 1 rings (SSSR count). The normalized spacial score (nSPS) is 10.4. The molecule has 0 aliphatic heterocycles. The van der Waals surface area contributed by atoms with Gasteiger partial charge in [0, 0.05) is 0 Å². The van der Waals surface area contributed by atoms with Crippen molar-refractivity contribution in [3.05, 3.63) is 24.3 Å². The highest BCUT2D eigenvalue weighted by atomic mass is 16.5. The lowest BCUT2D eigenvalue weighted by Gasteiger charge is -2.09. The van der Waals surface area contributed by atoms with Crippen molar-refractivity contribution in [3.8, 4) is 5.75 Å². The lowest BCUT2D eigenvalue weighted by molar-refractivity contribution is 0.271. The molecule has 0 aliphatic rings. The summed E-state index contributed by atoms with van der Waals surface area (Å²) in [6.45, 7) is 4.75. The summed E-state index contributed by atoms with van der Waals surface area (Å²) < 4.78 is 5.44. The zero-order chi connectivity index (χ0) is 10.6. The van der Waals surface area contributed by atoms with Gasteiger partial charge in [-0.05, 0) is 23.5 Å². The summed E-state index contributed by atoms with van der Waals surface area (Å²) in [5.74, 6) is 1.13. The Morgan fingerprint density at radius 3 is 2.64 bits per heavy atom. The molecule has 0 aromatic heterocycles. The van der Waals surface area contributed by atoms with Crippen molar-refractivity contribution in [3.63, 3.8) is 0 Å². The molecule has 3 nitrogen and oxygen atoms in total. The van der Waals surface area contributed by atoms with Crippen molar-refractivity contribution < 1.29 is 14.8 Å². The zero-order valence-electron chi connectivity index (χ0n) is 8.47. The largest absolute Gasteiger partial charge is 0.493 e. The average molecular weight is 194 g/mol. The van der Waals surface area contributed by atoms with Gasteiger partial charge in [0.15, 0.2) is 0 Å². The number of rotatable bonds is 4. The topological polar surface area (TPSA) is 49.7 Å². The molecule has 0 spiro atoms. The van der Waals surface area contributed by atoms with Crippen LogP contribution >= 0.6 is 0 Å². The van der Waals surface area contributed by atoms with Gasteiger partial charge in [-0.3, -0.25) is 0 Å². The summed E-state index contributed by atoms with van der Waals surface area (Å²) in [4.78, 5) is 0. The third-order valence-corrected chi connectivity index (χ3v) is 1.74. The fourth-order valence-electron chi connectivity index (χ4n) is 1.03. The first-order valence-corrected chi connectivity index (χ1v) is 4.68. The maximum atomic E-state index is 8.93. The molecule has 0 saturated carbocycles. The Kier molecular flexibility index (Phi) is 3.98. The summed E-state index contributed by atoms with van der Waals surface area (Å²) in [7, 11) is -1.43. The molecule has 4 heteroatoms. The smallest absolute Gasteiger partial charge is 0.488 e. The molecular weight excluding hydrogens is 179 g/mol. The molecule has 0 atom stereocenters. The van der Waals surface area contributed by atoms with E-state index in [2.05, 4.69) is 13.8 Å². The second-order valence-electron chi connectivity index (χ2n) is 3.65. The van der Waals surface area contributed by atoms with Crippen LogP contribution in [0.15, 0.2) is 24.3 Å². The maximum absolute atomic E-state index is 8.93. The summed E-state index contributed by atoms with van der Waals surface area (Å²) in [6.07, 6.45) is 0. The van der Waals surface area contributed by atoms with Gasteiger partial charge in [0.05, 0.1) is 6.61 Å². The van der Waals surface area contributed by atoms with E-state index in [1.54, 1.807) is 24.3 Å². The highest BCUT2D eigenvalue weighted by molar-refractivity contribution is 6.58. The summed E-state index contributed by atoms with van der Waals surface area (Å²) in [5.41, 5.74) is 0.450. The number of hydrogen-bond donors (Lipinski definition) is 2. The molecule has 0 heterocycles. The number of hydrogen-bond acceptors (Lipinski definition) is 3. The molecule has 76 valence electrons.